The molecule has 0 bridgehead atoms. The van der Waals surface area contributed by atoms with Gasteiger partial charge >= 0.3 is 0 Å². The summed E-state index contributed by atoms with van der Waals surface area (Å²) in [6, 6.07) is 18.2. The number of hydrogen-bond donors (Lipinski definition) is 0. The summed E-state index contributed by atoms with van der Waals surface area (Å²) in [6.07, 6.45) is 1.39. The second kappa shape index (κ2) is 5.85. The largest absolute Gasteiger partial charge is 0.287 e. The summed E-state index contributed by atoms with van der Waals surface area (Å²) >= 11 is 0. The Kier molecular flexibility index (Phi) is 3.88. The fourth-order valence-corrected chi connectivity index (χ4v) is 3.65. The van der Waals surface area contributed by atoms with E-state index in [9.17, 15) is 13.2 Å². The van der Waals surface area contributed by atoms with E-state index in [1.165, 1.54) is 12.3 Å². The molecule has 0 N–H and O–H groups in total. The van der Waals surface area contributed by atoms with Crippen LogP contribution >= 0.6 is 0 Å². The summed E-state index contributed by atoms with van der Waals surface area (Å²) in [4.78, 5) is 12.7. The molecule has 1 aromatic heterocycles. The number of aromatic nitrogens is 1. The number of hydrogen-bond acceptors (Lipinski definition) is 3. The van der Waals surface area contributed by atoms with Crippen LogP contribution in [0.2, 0.25) is 0 Å². The number of nitrogens with zero attached hydrogens (tertiary/aromatic N) is 1. The predicted octanol–water partition coefficient (Wildman–Crippen LogP) is 3.26. The van der Waals surface area contributed by atoms with Crippen molar-refractivity contribution in [2.45, 2.75) is 11.8 Å². The highest BCUT2D eigenvalue weighted by Crippen LogP contribution is 2.19. The van der Waals surface area contributed by atoms with Crippen LogP contribution in [0.3, 0.4) is 0 Å². The second-order valence-electron chi connectivity index (χ2n) is 5.20. The average Bonchev–Trinajstić information content (AvgIpc) is 3.06. The molecule has 0 atom stereocenters. The molecule has 0 saturated carbocycles. The lowest BCUT2D eigenvalue weighted by Gasteiger charge is -2.10. The Morgan fingerprint density at radius 1 is 0.870 bits per heavy atom. The highest BCUT2D eigenvalue weighted by molar-refractivity contribution is 7.90. The Hall–Kier alpha value is -2.66. The zero-order valence-electron chi connectivity index (χ0n) is 12.5. The number of carbonyl (C=O) groups excluding carboxylic acids is 1. The maximum atomic E-state index is 12.8. The molecular formula is C18H15NO3S. The first kappa shape index (κ1) is 15.2. The number of ketones is 1. The topological polar surface area (TPSA) is 56.1 Å². The van der Waals surface area contributed by atoms with Gasteiger partial charge in [-0.3, -0.25) is 4.79 Å². The van der Waals surface area contributed by atoms with E-state index < -0.39 is 10.0 Å². The molecule has 0 aliphatic heterocycles. The van der Waals surface area contributed by atoms with Crippen molar-refractivity contribution in [3.63, 3.8) is 0 Å². The number of aryl methyl sites for hydroxylation is 1. The molecule has 0 radical (unpaired) electrons. The molecule has 0 fully saturated rings. The summed E-state index contributed by atoms with van der Waals surface area (Å²) < 4.78 is 26.6. The normalized spacial score (nSPS) is 11.3. The molecule has 1 heterocycles. The van der Waals surface area contributed by atoms with Crippen molar-refractivity contribution in [1.29, 1.82) is 0 Å². The van der Waals surface area contributed by atoms with Crippen molar-refractivity contribution >= 4 is 15.8 Å². The Morgan fingerprint density at radius 2 is 1.52 bits per heavy atom. The first-order chi connectivity index (χ1) is 11.0. The SMILES string of the molecule is Cc1ccc(S(=O)(=O)n2cccc2C(=O)c2ccccc2)cc1. The fourth-order valence-electron chi connectivity index (χ4n) is 2.31. The third-order valence-electron chi connectivity index (χ3n) is 3.56. The van der Waals surface area contributed by atoms with Crippen LogP contribution in [-0.4, -0.2) is 18.2 Å². The maximum absolute atomic E-state index is 12.8. The van der Waals surface area contributed by atoms with Gasteiger partial charge in [0.25, 0.3) is 10.0 Å². The second-order valence-corrected chi connectivity index (χ2v) is 7.02. The summed E-state index contributed by atoms with van der Waals surface area (Å²) in [5, 5.41) is 0. The molecule has 3 aromatic rings. The van der Waals surface area contributed by atoms with Crippen molar-refractivity contribution in [1.82, 2.24) is 3.97 Å². The number of benzene rings is 2. The zero-order chi connectivity index (χ0) is 16.4. The molecule has 0 spiro atoms. The smallest absolute Gasteiger partial charge is 0.268 e. The zero-order valence-corrected chi connectivity index (χ0v) is 13.3. The van der Waals surface area contributed by atoms with E-state index in [0.29, 0.717) is 5.56 Å². The van der Waals surface area contributed by atoms with Gasteiger partial charge in [0.05, 0.1) is 4.90 Å². The Morgan fingerprint density at radius 3 is 2.17 bits per heavy atom. The van der Waals surface area contributed by atoms with Gasteiger partial charge in [0.15, 0.2) is 0 Å². The van der Waals surface area contributed by atoms with Gasteiger partial charge in [-0.25, -0.2) is 12.4 Å². The van der Waals surface area contributed by atoms with Crippen LogP contribution in [0, 0.1) is 6.92 Å². The first-order valence-corrected chi connectivity index (χ1v) is 8.53. The molecule has 3 rings (SSSR count). The van der Waals surface area contributed by atoms with Gasteiger partial charge in [-0.15, -0.1) is 0 Å². The molecule has 23 heavy (non-hydrogen) atoms. The predicted molar refractivity (Wildman–Crippen MR) is 88.1 cm³/mol. The van der Waals surface area contributed by atoms with E-state index in [1.807, 2.05) is 6.92 Å². The highest BCUT2D eigenvalue weighted by atomic mass is 32.2. The molecule has 0 aliphatic rings. The average molecular weight is 325 g/mol. The molecule has 5 heteroatoms. The van der Waals surface area contributed by atoms with Crippen LogP contribution in [0.4, 0.5) is 0 Å². The maximum Gasteiger partial charge on any atom is 0.268 e. The van der Waals surface area contributed by atoms with E-state index in [1.54, 1.807) is 60.7 Å². The molecular weight excluding hydrogens is 310 g/mol. The lowest BCUT2D eigenvalue weighted by atomic mass is 10.1. The summed E-state index contributed by atoms with van der Waals surface area (Å²) in [5.41, 5.74) is 1.54. The first-order valence-electron chi connectivity index (χ1n) is 7.09. The third-order valence-corrected chi connectivity index (χ3v) is 5.26. The summed E-state index contributed by atoms with van der Waals surface area (Å²) in [7, 11) is -3.80. The minimum atomic E-state index is -3.80. The van der Waals surface area contributed by atoms with Crippen LogP contribution in [-0.2, 0) is 10.0 Å². The summed E-state index contributed by atoms with van der Waals surface area (Å²) in [6.45, 7) is 1.89. The Bertz CT molecular complexity index is 939. The molecule has 0 saturated heterocycles. The van der Waals surface area contributed by atoms with Gasteiger partial charge in [-0.05, 0) is 31.2 Å². The van der Waals surface area contributed by atoms with Gasteiger partial charge < -0.3 is 0 Å². The van der Waals surface area contributed by atoms with E-state index in [0.717, 1.165) is 9.54 Å². The van der Waals surface area contributed by atoms with Crippen LogP contribution in [0.25, 0.3) is 0 Å². The quantitative estimate of drug-likeness (QED) is 0.692. The Balaban J connectivity index is 2.07. The lowest BCUT2D eigenvalue weighted by Crippen LogP contribution is -2.18. The van der Waals surface area contributed by atoms with Crippen LogP contribution in [0.5, 0.6) is 0 Å². The van der Waals surface area contributed by atoms with Crippen molar-refractivity contribution in [2.75, 3.05) is 0 Å². The third kappa shape index (κ3) is 2.83. The minimum absolute atomic E-state index is 0.122. The molecule has 2 aromatic carbocycles. The summed E-state index contributed by atoms with van der Waals surface area (Å²) in [5.74, 6) is -0.328. The Labute approximate surface area is 135 Å². The standard InChI is InChI=1S/C18H15NO3S/c1-14-9-11-16(12-10-14)23(21,22)19-13-5-8-17(19)18(20)15-6-3-2-4-7-15/h2-13H,1H3. The van der Waals surface area contributed by atoms with Crippen LogP contribution in [0.1, 0.15) is 21.6 Å². The monoisotopic (exact) mass is 325 g/mol. The molecule has 4 nitrogen and oxygen atoms in total. The van der Waals surface area contributed by atoms with Crippen molar-refractivity contribution in [3.05, 3.63) is 89.7 Å². The van der Waals surface area contributed by atoms with E-state index in [2.05, 4.69) is 0 Å². The molecule has 0 aliphatic carbocycles. The van der Waals surface area contributed by atoms with Crippen LogP contribution in [0.15, 0.2) is 77.8 Å². The van der Waals surface area contributed by atoms with Crippen molar-refractivity contribution in [2.24, 2.45) is 0 Å². The van der Waals surface area contributed by atoms with Crippen molar-refractivity contribution < 1.29 is 13.2 Å². The fraction of sp³-hybridized carbons (Fsp3) is 0.0556. The van der Waals surface area contributed by atoms with Gasteiger partial charge in [0, 0.05) is 11.8 Å². The molecule has 0 unspecified atom stereocenters. The van der Waals surface area contributed by atoms with E-state index in [4.69, 9.17) is 0 Å². The lowest BCUT2D eigenvalue weighted by molar-refractivity contribution is 0.103. The van der Waals surface area contributed by atoms with Gasteiger partial charge in [-0.1, -0.05) is 48.0 Å². The van der Waals surface area contributed by atoms with Crippen molar-refractivity contribution in [3.8, 4) is 0 Å². The molecule has 116 valence electrons. The number of rotatable bonds is 4. The van der Waals surface area contributed by atoms with Gasteiger partial charge in [0.1, 0.15) is 5.69 Å². The van der Waals surface area contributed by atoms with E-state index in [-0.39, 0.29) is 16.4 Å². The van der Waals surface area contributed by atoms with Gasteiger partial charge in [0.2, 0.25) is 5.78 Å². The van der Waals surface area contributed by atoms with Crippen LogP contribution < -0.4 is 0 Å². The van der Waals surface area contributed by atoms with Gasteiger partial charge in [-0.2, -0.15) is 0 Å². The minimum Gasteiger partial charge on any atom is -0.287 e. The highest BCUT2D eigenvalue weighted by Gasteiger charge is 2.23. The van der Waals surface area contributed by atoms with E-state index >= 15 is 0 Å². The number of carbonyl (C=O) groups is 1. The molecule has 0 amide bonds.